The van der Waals surface area contributed by atoms with E-state index in [0.717, 1.165) is 17.2 Å². The SMILES string of the molecule is O=C(O)c1cc(Oc2ccc(COc3ccc(C=CC(=O)c4ccccc4)cc3)cc2)cc(C(=O)O)c1. The molecule has 0 unspecified atom stereocenters. The zero-order chi connectivity index (χ0) is 26.2. The van der Waals surface area contributed by atoms with Crippen LogP contribution in [0, 0.1) is 0 Å². The highest BCUT2D eigenvalue weighted by Crippen LogP contribution is 2.25. The summed E-state index contributed by atoms with van der Waals surface area (Å²) in [7, 11) is 0. The lowest BCUT2D eigenvalue weighted by Gasteiger charge is -2.10. The first-order chi connectivity index (χ1) is 17.9. The summed E-state index contributed by atoms with van der Waals surface area (Å²) in [5, 5.41) is 18.4. The molecule has 0 aromatic heterocycles. The smallest absolute Gasteiger partial charge is 0.335 e. The molecule has 0 saturated heterocycles. The van der Waals surface area contributed by atoms with Crippen LogP contribution in [-0.2, 0) is 6.61 Å². The highest BCUT2D eigenvalue weighted by atomic mass is 16.5. The number of aromatic carboxylic acids is 2. The van der Waals surface area contributed by atoms with E-state index in [9.17, 15) is 24.6 Å². The van der Waals surface area contributed by atoms with E-state index in [1.54, 1.807) is 42.5 Å². The standard InChI is InChI=1S/C30H22O7/c31-28(22-4-2-1-3-5-22)15-10-20-6-11-25(12-7-20)36-19-21-8-13-26(14-9-21)37-27-17-23(29(32)33)16-24(18-27)30(34)35/h1-18H,19H2,(H,32,33)(H,34,35). The van der Waals surface area contributed by atoms with Gasteiger partial charge in [0.15, 0.2) is 5.78 Å². The number of carbonyl (C=O) groups excluding carboxylic acids is 1. The summed E-state index contributed by atoms with van der Waals surface area (Å²) in [5.74, 6) is -1.36. The van der Waals surface area contributed by atoms with E-state index in [4.69, 9.17) is 9.47 Å². The molecule has 0 aliphatic rings. The lowest BCUT2D eigenvalue weighted by Crippen LogP contribution is -2.03. The van der Waals surface area contributed by atoms with Gasteiger partial charge in [0.05, 0.1) is 11.1 Å². The van der Waals surface area contributed by atoms with Gasteiger partial charge in [-0.25, -0.2) is 9.59 Å². The van der Waals surface area contributed by atoms with Crippen LogP contribution in [0.1, 0.15) is 42.2 Å². The van der Waals surface area contributed by atoms with Crippen LogP contribution in [-0.4, -0.2) is 27.9 Å². The molecule has 0 heterocycles. The van der Waals surface area contributed by atoms with Crippen molar-refractivity contribution in [3.63, 3.8) is 0 Å². The van der Waals surface area contributed by atoms with Crippen LogP contribution in [0.4, 0.5) is 0 Å². The van der Waals surface area contributed by atoms with Gasteiger partial charge in [0.2, 0.25) is 0 Å². The highest BCUT2D eigenvalue weighted by Gasteiger charge is 2.13. The Morgan fingerprint density at radius 2 is 1.24 bits per heavy atom. The fourth-order valence-electron chi connectivity index (χ4n) is 3.41. The predicted octanol–water partition coefficient (Wildman–Crippen LogP) is 6.35. The number of allylic oxidation sites excluding steroid dienone is 1. The van der Waals surface area contributed by atoms with Gasteiger partial charge in [-0.1, -0.05) is 60.7 Å². The van der Waals surface area contributed by atoms with E-state index in [1.807, 2.05) is 42.5 Å². The summed E-state index contributed by atoms with van der Waals surface area (Å²) < 4.78 is 11.5. The second kappa shape index (κ2) is 11.5. The number of rotatable bonds is 10. The monoisotopic (exact) mass is 494 g/mol. The number of carboxylic acids is 2. The van der Waals surface area contributed by atoms with Crippen LogP contribution >= 0.6 is 0 Å². The van der Waals surface area contributed by atoms with Crippen molar-refractivity contribution in [2.45, 2.75) is 6.61 Å². The van der Waals surface area contributed by atoms with Gasteiger partial charge in [-0.2, -0.15) is 0 Å². The topological polar surface area (TPSA) is 110 Å². The normalized spacial score (nSPS) is 10.7. The number of hydrogen-bond donors (Lipinski definition) is 2. The van der Waals surface area contributed by atoms with E-state index in [2.05, 4.69) is 0 Å². The van der Waals surface area contributed by atoms with Gasteiger partial charge in [-0.05, 0) is 59.7 Å². The lowest BCUT2D eigenvalue weighted by atomic mass is 10.1. The van der Waals surface area contributed by atoms with E-state index in [-0.39, 0.29) is 22.7 Å². The van der Waals surface area contributed by atoms with Crippen LogP contribution in [0.15, 0.2) is 103 Å². The van der Waals surface area contributed by atoms with Crippen LogP contribution in [0.3, 0.4) is 0 Å². The van der Waals surface area contributed by atoms with E-state index in [1.165, 1.54) is 18.2 Å². The molecule has 0 aliphatic heterocycles. The molecule has 37 heavy (non-hydrogen) atoms. The van der Waals surface area contributed by atoms with Crippen molar-refractivity contribution in [3.8, 4) is 17.2 Å². The molecule has 7 heteroatoms. The van der Waals surface area contributed by atoms with Gasteiger partial charge in [-0.15, -0.1) is 0 Å². The van der Waals surface area contributed by atoms with Gasteiger partial charge in [0, 0.05) is 5.56 Å². The Bertz CT molecular complexity index is 1410. The first kappa shape index (κ1) is 24.9. The molecule has 2 N–H and O–H groups in total. The predicted molar refractivity (Wildman–Crippen MR) is 137 cm³/mol. The first-order valence-electron chi connectivity index (χ1n) is 11.3. The molecule has 0 saturated carbocycles. The fourth-order valence-corrected chi connectivity index (χ4v) is 3.41. The van der Waals surface area contributed by atoms with E-state index >= 15 is 0 Å². The average Bonchev–Trinajstić information content (AvgIpc) is 2.92. The van der Waals surface area contributed by atoms with Crippen molar-refractivity contribution >= 4 is 23.8 Å². The summed E-state index contributed by atoms with van der Waals surface area (Å²) in [5.41, 5.74) is 2.02. The minimum absolute atomic E-state index is 0.0646. The molecule has 0 spiro atoms. The van der Waals surface area contributed by atoms with Crippen molar-refractivity contribution in [2.24, 2.45) is 0 Å². The Hall–Kier alpha value is -5.17. The van der Waals surface area contributed by atoms with Gasteiger partial charge in [0.1, 0.15) is 23.9 Å². The number of ether oxygens (including phenoxy) is 2. The van der Waals surface area contributed by atoms with Gasteiger partial charge >= 0.3 is 11.9 Å². The molecular formula is C30H22O7. The Labute approximate surface area is 212 Å². The van der Waals surface area contributed by atoms with E-state index < -0.39 is 11.9 Å². The molecule has 0 atom stereocenters. The maximum Gasteiger partial charge on any atom is 0.335 e. The maximum atomic E-state index is 12.2. The number of ketones is 1. The largest absolute Gasteiger partial charge is 0.489 e. The van der Waals surface area contributed by atoms with E-state index in [0.29, 0.717) is 23.7 Å². The summed E-state index contributed by atoms with van der Waals surface area (Å²) in [4.78, 5) is 34.7. The molecule has 4 aromatic carbocycles. The van der Waals surface area contributed by atoms with Gasteiger partial charge < -0.3 is 19.7 Å². The first-order valence-corrected chi connectivity index (χ1v) is 11.3. The molecule has 0 radical (unpaired) electrons. The molecule has 4 aromatic rings. The molecule has 4 rings (SSSR count). The maximum absolute atomic E-state index is 12.2. The number of hydrogen-bond acceptors (Lipinski definition) is 5. The number of carbonyl (C=O) groups is 3. The average molecular weight is 494 g/mol. The zero-order valence-electron chi connectivity index (χ0n) is 19.5. The van der Waals surface area contributed by atoms with Crippen molar-refractivity contribution < 1.29 is 34.1 Å². The highest BCUT2D eigenvalue weighted by molar-refractivity contribution is 6.06. The lowest BCUT2D eigenvalue weighted by molar-refractivity contribution is 0.0696. The number of carboxylic acid groups (broad SMARTS) is 2. The summed E-state index contributed by atoms with van der Waals surface area (Å²) in [6.07, 6.45) is 3.29. The fraction of sp³-hybridized carbons (Fsp3) is 0.0333. The van der Waals surface area contributed by atoms with Crippen LogP contribution in [0.2, 0.25) is 0 Å². The Balaban J connectivity index is 1.33. The second-order valence-corrected chi connectivity index (χ2v) is 8.02. The number of benzene rings is 4. The van der Waals surface area contributed by atoms with Crippen molar-refractivity contribution in [1.82, 2.24) is 0 Å². The third kappa shape index (κ3) is 6.93. The summed E-state index contributed by atoms with van der Waals surface area (Å²) >= 11 is 0. The molecule has 184 valence electrons. The molecule has 0 aliphatic carbocycles. The van der Waals surface area contributed by atoms with Crippen LogP contribution in [0.5, 0.6) is 17.2 Å². The Morgan fingerprint density at radius 1 is 0.649 bits per heavy atom. The van der Waals surface area contributed by atoms with Crippen LogP contribution < -0.4 is 9.47 Å². The zero-order valence-corrected chi connectivity index (χ0v) is 19.5. The quantitative estimate of drug-likeness (QED) is 0.195. The minimum atomic E-state index is -1.25. The second-order valence-electron chi connectivity index (χ2n) is 8.02. The van der Waals surface area contributed by atoms with Gasteiger partial charge in [-0.3, -0.25) is 4.79 Å². The van der Waals surface area contributed by atoms with Gasteiger partial charge in [0.25, 0.3) is 0 Å². The third-order valence-corrected chi connectivity index (χ3v) is 5.33. The third-order valence-electron chi connectivity index (χ3n) is 5.33. The molecule has 0 bridgehead atoms. The van der Waals surface area contributed by atoms with Crippen molar-refractivity contribution in [2.75, 3.05) is 0 Å². The Kier molecular flexibility index (Phi) is 7.75. The molecule has 0 amide bonds. The van der Waals surface area contributed by atoms with Crippen molar-refractivity contribution in [1.29, 1.82) is 0 Å². The summed E-state index contributed by atoms with van der Waals surface area (Å²) in [6, 6.07) is 27.0. The molecule has 0 fully saturated rings. The Morgan fingerprint density at radius 3 is 1.84 bits per heavy atom. The minimum Gasteiger partial charge on any atom is -0.489 e. The van der Waals surface area contributed by atoms with Crippen molar-refractivity contribution in [3.05, 3.63) is 131 Å². The van der Waals surface area contributed by atoms with Crippen LogP contribution in [0.25, 0.3) is 6.08 Å². The molecule has 7 nitrogen and oxygen atoms in total. The molecular weight excluding hydrogens is 472 g/mol. The summed E-state index contributed by atoms with van der Waals surface area (Å²) in [6.45, 7) is 0.305.